The van der Waals surface area contributed by atoms with Crippen molar-refractivity contribution >= 4 is 10.0 Å². The topological polar surface area (TPSA) is 52.0 Å². The molecule has 0 radical (unpaired) electrons. The van der Waals surface area contributed by atoms with Gasteiger partial charge in [-0.25, -0.2) is 0 Å². The van der Waals surface area contributed by atoms with Crippen molar-refractivity contribution in [3.63, 3.8) is 0 Å². The fraction of sp³-hybridized carbons (Fsp3) is 0.100. The van der Waals surface area contributed by atoms with Crippen molar-refractivity contribution in [1.29, 1.82) is 0 Å². The van der Waals surface area contributed by atoms with Crippen LogP contribution in [0.1, 0.15) is 5.56 Å². The van der Waals surface area contributed by atoms with E-state index in [0.29, 0.717) is 0 Å². The van der Waals surface area contributed by atoms with Crippen molar-refractivity contribution in [2.75, 3.05) is 0 Å². The molecule has 5 heteroatoms. The Morgan fingerprint density at radius 1 is 1.27 bits per heavy atom. The molecule has 0 saturated heterocycles. The lowest BCUT2D eigenvalue weighted by atomic mass is 10.2. The number of aromatic nitrogens is 2. The minimum Gasteiger partial charge on any atom is -0.199 e. The second-order valence-electron chi connectivity index (χ2n) is 3.20. The zero-order valence-corrected chi connectivity index (χ0v) is 8.98. The van der Waals surface area contributed by atoms with Gasteiger partial charge in [0.2, 0.25) is 0 Å². The van der Waals surface area contributed by atoms with Gasteiger partial charge < -0.3 is 0 Å². The Hall–Kier alpha value is -1.62. The molecule has 0 aliphatic heterocycles. The molecule has 2 rings (SSSR count). The Morgan fingerprint density at radius 2 is 2.07 bits per heavy atom. The SMILES string of the molecule is Cc1cccc(S(=O)(=O)n2cccn2)c1. The average molecular weight is 222 g/mol. The van der Waals surface area contributed by atoms with Crippen LogP contribution < -0.4 is 0 Å². The zero-order valence-electron chi connectivity index (χ0n) is 8.16. The maximum Gasteiger partial charge on any atom is 0.282 e. The molecule has 0 saturated carbocycles. The van der Waals surface area contributed by atoms with Crippen LogP contribution in [0.2, 0.25) is 0 Å². The van der Waals surface area contributed by atoms with Crippen LogP contribution in [0.15, 0.2) is 47.6 Å². The quantitative estimate of drug-likeness (QED) is 0.772. The summed E-state index contributed by atoms with van der Waals surface area (Å²) >= 11 is 0. The summed E-state index contributed by atoms with van der Waals surface area (Å²) in [6.45, 7) is 1.85. The molecule has 0 unspecified atom stereocenters. The third-order valence-corrected chi connectivity index (χ3v) is 3.57. The minimum absolute atomic E-state index is 0.256. The van der Waals surface area contributed by atoms with E-state index in [1.165, 1.54) is 12.4 Å². The van der Waals surface area contributed by atoms with Gasteiger partial charge in [0.15, 0.2) is 0 Å². The smallest absolute Gasteiger partial charge is 0.199 e. The van der Waals surface area contributed by atoms with Gasteiger partial charge in [-0.3, -0.25) is 0 Å². The molecule has 15 heavy (non-hydrogen) atoms. The van der Waals surface area contributed by atoms with E-state index < -0.39 is 10.0 Å². The average Bonchev–Trinajstić information content (AvgIpc) is 2.71. The molecule has 0 N–H and O–H groups in total. The molecule has 1 heterocycles. The number of hydrogen-bond acceptors (Lipinski definition) is 3. The summed E-state index contributed by atoms with van der Waals surface area (Å²) in [5.41, 5.74) is 0.906. The number of benzene rings is 1. The summed E-state index contributed by atoms with van der Waals surface area (Å²) in [6, 6.07) is 8.32. The van der Waals surface area contributed by atoms with Gasteiger partial charge in [-0.05, 0) is 30.7 Å². The number of aryl methyl sites for hydroxylation is 1. The first kappa shape index (κ1) is 9.92. The Morgan fingerprint density at radius 3 is 2.67 bits per heavy atom. The highest BCUT2D eigenvalue weighted by atomic mass is 32.2. The Kier molecular flexibility index (Phi) is 2.32. The van der Waals surface area contributed by atoms with Gasteiger partial charge in [0, 0.05) is 6.20 Å². The van der Waals surface area contributed by atoms with Gasteiger partial charge in [0.05, 0.1) is 11.1 Å². The van der Waals surface area contributed by atoms with Crippen molar-refractivity contribution in [1.82, 2.24) is 9.19 Å². The van der Waals surface area contributed by atoms with Gasteiger partial charge >= 0.3 is 0 Å². The van der Waals surface area contributed by atoms with Crippen molar-refractivity contribution < 1.29 is 8.42 Å². The fourth-order valence-electron chi connectivity index (χ4n) is 1.28. The van der Waals surface area contributed by atoms with Crippen molar-refractivity contribution in [3.05, 3.63) is 48.3 Å². The molecule has 0 aliphatic carbocycles. The summed E-state index contributed by atoms with van der Waals surface area (Å²) in [6.07, 6.45) is 2.85. The highest BCUT2D eigenvalue weighted by Gasteiger charge is 2.16. The van der Waals surface area contributed by atoms with Gasteiger partial charge in [-0.15, -0.1) is 0 Å². The maximum absolute atomic E-state index is 11.9. The second kappa shape index (κ2) is 3.51. The third kappa shape index (κ3) is 1.78. The normalized spacial score (nSPS) is 11.5. The Labute approximate surface area is 88.2 Å². The van der Waals surface area contributed by atoms with Crippen LogP contribution in [-0.4, -0.2) is 17.6 Å². The number of rotatable bonds is 2. The third-order valence-electron chi connectivity index (χ3n) is 2.01. The molecule has 0 bridgehead atoms. The molecule has 0 fully saturated rings. The van der Waals surface area contributed by atoms with Gasteiger partial charge in [0.1, 0.15) is 0 Å². The molecule has 0 amide bonds. The first-order chi connectivity index (χ1) is 7.10. The number of nitrogens with zero attached hydrogens (tertiary/aromatic N) is 2. The van der Waals surface area contributed by atoms with Crippen molar-refractivity contribution in [2.24, 2.45) is 0 Å². The Bertz CT molecular complexity index is 559. The van der Waals surface area contributed by atoms with Crippen molar-refractivity contribution in [3.8, 4) is 0 Å². The van der Waals surface area contributed by atoms with Crippen LogP contribution in [0, 0.1) is 6.92 Å². The lowest BCUT2D eigenvalue weighted by Crippen LogP contribution is -2.13. The predicted molar refractivity (Wildman–Crippen MR) is 56.0 cm³/mol. The van der Waals surface area contributed by atoms with Crippen LogP contribution in [0.25, 0.3) is 0 Å². The van der Waals surface area contributed by atoms with Gasteiger partial charge in [-0.1, -0.05) is 12.1 Å². The summed E-state index contributed by atoms with van der Waals surface area (Å²) in [4.78, 5) is 0.256. The lowest BCUT2D eigenvalue weighted by molar-refractivity contribution is 0.580. The van der Waals surface area contributed by atoms with E-state index in [-0.39, 0.29) is 4.90 Å². The first-order valence-electron chi connectivity index (χ1n) is 4.42. The molecule has 78 valence electrons. The first-order valence-corrected chi connectivity index (χ1v) is 5.86. The fourth-order valence-corrected chi connectivity index (χ4v) is 2.49. The van der Waals surface area contributed by atoms with E-state index in [0.717, 1.165) is 9.65 Å². The minimum atomic E-state index is -3.51. The summed E-state index contributed by atoms with van der Waals surface area (Å²) in [5, 5.41) is 3.72. The van der Waals surface area contributed by atoms with Gasteiger partial charge in [0.25, 0.3) is 10.0 Å². The maximum atomic E-state index is 11.9. The molecule has 2 aromatic rings. The standard InChI is InChI=1S/C10H10N2O2S/c1-9-4-2-5-10(8-9)15(13,14)12-7-3-6-11-12/h2-8H,1H3. The van der Waals surface area contributed by atoms with Gasteiger partial charge in [-0.2, -0.15) is 17.6 Å². The van der Waals surface area contributed by atoms with E-state index >= 15 is 0 Å². The lowest BCUT2D eigenvalue weighted by Gasteiger charge is -2.04. The molecule has 1 aromatic carbocycles. The Balaban J connectivity index is 2.57. The predicted octanol–water partition coefficient (Wildman–Crippen LogP) is 1.43. The molecular formula is C10H10N2O2S. The summed E-state index contributed by atoms with van der Waals surface area (Å²) in [7, 11) is -3.51. The van der Waals surface area contributed by atoms with E-state index in [1.807, 2.05) is 13.0 Å². The van der Waals surface area contributed by atoms with E-state index in [1.54, 1.807) is 24.3 Å². The van der Waals surface area contributed by atoms with Crippen molar-refractivity contribution in [2.45, 2.75) is 11.8 Å². The van der Waals surface area contributed by atoms with Crippen LogP contribution in [-0.2, 0) is 10.0 Å². The van der Waals surface area contributed by atoms with Crippen LogP contribution in [0.5, 0.6) is 0 Å². The number of hydrogen-bond donors (Lipinski definition) is 0. The summed E-state index contributed by atoms with van der Waals surface area (Å²) in [5.74, 6) is 0. The molecule has 0 spiro atoms. The largest absolute Gasteiger partial charge is 0.282 e. The second-order valence-corrected chi connectivity index (χ2v) is 5.00. The highest BCUT2D eigenvalue weighted by Crippen LogP contribution is 2.13. The van der Waals surface area contributed by atoms with Crippen LogP contribution in [0.3, 0.4) is 0 Å². The monoisotopic (exact) mass is 222 g/mol. The van der Waals surface area contributed by atoms with E-state index in [9.17, 15) is 8.42 Å². The zero-order chi connectivity index (χ0) is 10.9. The molecular weight excluding hydrogens is 212 g/mol. The highest BCUT2D eigenvalue weighted by molar-refractivity contribution is 7.89. The molecule has 4 nitrogen and oxygen atoms in total. The van der Waals surface area contributed by atoms with Crippen LogP contribution in [0.4, 0.5) is 0 Å². The molecule has 1 aromatic heterocycles. The van der Waals surface area contributed by atoms with Crippen LogP contribution >= 0.6 is 0 Å². The molecule has 0 aliphatic rings. The molecule has 0 atom stereocenters. The van der Waals surface area contributed by atoms with E-state index in [2.05, 4.69) is 5.10 Å². The van der Waals surface area contributed by atoms with E-state index in [4.69, 9.17) is 0 Å². The summed E-state index contributed by atoms with van der Waals surface area (Å²) < 4.78 is 24.9.